The molecule has 7 heteroatoms. The monoisotopic (exact) mass is 463 g/mol. The molecule has 0 aliphatic heterocycles. The highest BCUT2D eigenvalue weighted by molar-refractivity contribution is 14.0. The highest BCUT2D eigenvalue weighted by Gasteiger charge is 2.08. The number of thiophene rings is 1. The van der Waals surface area contributed by atoms with Gasteiger partial charge in [-0.3, -0.25) is 4.99 Å². The number of ether oxygens (including phenoxy) is 1. The molecule has 2 rings (SSSR count). The Kier molecular flexibility index (Phi) is 9.05. The molecule has 0 bridgehead atoms. The van der Waals surface area contributed by atoms with Gasteiger partial charge in [0.1, 0.15) is 0 Å². The average Bonchev–Trinajstić information content (AvgIpc) is 3.09. The standard InChI is InChI=1S/C17H22FN3OS.HI/c1-12(16-5-4-8-23-16)10-20-17(19-2)21-11-13-6-7-15(22-3)14(18)9-13;/h4-9,12H,10-11H2,1-3H3,(H2,19,20,21);1H. The molecule has 1 atom stereocenters. The van der Waals surface area contributed by atoms with Crippen LogP contribution in [0.15, 0.2) is 40.7 Å². The molecule has 2 N–H and O–H groups in total. The van der Waals surface area contributed by atoms with Crippen LogP contribution in [-0.4, -0.2) is 26.7 Å². The van der Waals surface area contributed by atoms with Crippen molar-refractivity contribution in [3.05, 3.63) is 52.0 Å². The van der Waals surface area contributed by atoms with E-state index in [0.717, 1.165) is 12.1 Å². The summed E-state index contributed by atoms with van der Waals surface area (Å²) in [5.74, 6) is 0.999. The maximum absolute atomic E-state index is 13.7. The molecule has 1 aromatic carbocycles. The van der Waals surface area contributed by atoms with Crippen molar-refractivity contribution < 1.29 is 9.13 Å². The molecule has 0 aliphatic rings. The quantitative estimate of drug-likeness (QED) is 0.387. The largest absolute Gasteiger partial charge is 0.494 e. The van der Waals surface area contributed by atoms with Crippen molar-refractivity contribution >= 4 is 41.3 Å². The van der Waals surface area contributed by atoms with Crippen LogP contribution in [0.1, 0.15) is 23.3 Å². The zero-order valence-corrected chi connectivity index (χ0v) is 17.2. The van der Waals surface area contributed by atoms with E-state index < -0.39 is 0 Å². The first kappa shape index (κ1) is 20.7. The Labute approximate surface area is 163 Å². The topological polar surface area (TPSA) is 45.7 Å². The van der Waals surface area contributed by atoms with E-state index in [9.17, 15) is 4.39 Å². The van der Waals surface area contributed by atoms with E-state index in [2.05, 4.69) is 40.1 Å². The Bertz CT molecular complexity index is 649. The van der Waals surface area contributed by atoms with Crippen molar-refractivity contribution in [3.63, 3.8) is 0 Å². The van der Waals surface area contributed by atoms with Crippen LogP contribution in [0, 0.1) is 5.82 Å². The molecule has 132 valence electrons. The Morgan fingerprint density at radius 2 is 2.12 bits per heavy atom. The van der Waals surface area contributed by atoms with Gasteiger partial charge in [-0.25, -0.2) is 4.39 Å². The first-order valence-corrected chi connectivity index (χ1v) is 8.32. The third-order valence-corrected chi connectivity index (χ3v) is 4.61. The number of hydrogen-bond acceptors (Lipinski definition) is 3. The van der Waals surface area contributed by atoms with Crippen LogP contribution in [0.4, 0.5) is 4.39 Å². The van der Waals surface area contributed by atoms with E-state index in [4.69, 9.17) is 4.74 Å². The molecular formula is C17H23FIN3OS. The summed E-state index contributed by atoms with van der Waals surface area (Å²) in [6.07, 6.45) is 0. The molecule has 0 saturated heterocycles. The number of guanidine groups is 1. The van der Waals surface area contributed by atoms with Crippen LogP contribution in [-0.2, 0) is 6.54 Å². The molecule has 24 heavy (non-hydrogen) atoms. The molecule has 0 fully saturated rings. The molecule has 1 aromatic heterocycles. The number of nitrogens with one attached hydrogen (secondary N) is 2. The molecule has 0 radical (unpaired) electrons. The van der Waals surface area contributed by atoms with E-state index in [1.807, 2.05) is 6.07 Å². The Hall–Kier alpha value is -1.35. The van der Waals surface area contributed by atoms with E-state index in [0.29, 0.717) is 18.4 Å². The highest BCUT2D eigenvalue weighted by Crippen LogP contribution is 2.19. The molecule has 0 saturated carbocycles. The molecule has 1 heterocycles. The normalized spacial score (nSPS) is 12.2. The lowest BCUT2D eigenvalue weighted by Gasteiger charge is -2.15. The first-order chi connectivity index (χ1) is 11.1. The number of rotatable bonds is 6. The Balaban J connectivity index is 0.00000288. The zero-order valence-electron chi connectivity index (χ0n) is 14.0. The maximum Gasteiger partial charge on any atom is 0.191 e. The molecule has 2 aromatic rings. The van der Waals surface area contributed by atoms with Gasteiger partial charge in [-0.1, -0.05) is 19.1 Å². The van der Waals surface area contributed by atoms with Gasteiger partial charge in [0.25, 0.3) is 0 Å². The molecule has 4 nitrogen and oxygen atoms in total. The lowest BCUT2D eigenvalue weighted by Crippen LogP contribution is -2.38. The second-order valence-corrected chi connectivity index (χ2v) is 6.17. The van der Waals surface area contributed by atoms with Crippen molar-refractivity contribution in [3.8, 4) is 5.75 Å². The Morgan fingerprint density at radius 1 is 1.33 bits per heavy atom. The van der Waals surface area contributed by atoms with Crippen LogP contribution in [0.25, 0.3) is 0 Å². The van der Waals surface area contributed by atoms with Gasteiger partial charge in [-0.2, -0.15) is 0 Å². The summed E-state index contributed by atoms with van der Waals surface area (Å²) in [5.41, 5.74) is 0.831. The minimum absolute atomic E-state index is 0. The molecule has 0 amide bonds. The van der Waals surface area contributed by atoms with E-state index >= 15 is 0 Å². The van der Waals surface area contributed by atoms with Gasteiger partial charge in [-0.15, -0.1) is 35.3 Å². The van der Waals surface area contributed by atoms with Gasteiger partial charge in [0.15, 0.2) is 17.5 Å². The number of benzene rings is 1. The molecule has 0 aliphatic carbocycles. The second-order valence-electron chi connectivity index (χ2n) is 5.19. The predicted octanol–water partition coefficient (Wildman–Crippen LogP) is 3.98. The molecular weight excluding hydrogens is 440 g/mol. The summed E-state index contributed by atoms with van der Waals surface area (Å²) in [5, 5.41) is 8.56. The van der Waals surface area contributed by atoms with E-state index in [-0.39, 0.29) is 35.5 Å². The van der Waals surface area contributed by atoms with Crippen molar-refractivity contribution in [2.75, 3.05) is 20.7 Å². The Morgan fingerprint density at radius 3 is 2.71 bits per heavy atom. The molecule has 0 spiro atoms. The first-order valence-electron chi connectivity index (χ1n) is 7.44. The van der Waals surface area contributed by atoms with Gasteiger partial charge in [-0.05, 0) is 29.1 Å². The second kappa shape index (κ2) is 10.5. The summed E-state index contributed by atoms with van der Waals surface area (Å²) in [6.45, 7) is 3.45. The van der Waals surface area contributed by atoms with Crippen LogP contribution in [0.2, 0.25) is 0 Å². The lowest BCUT2D eigenvalue weighted by molar-refractivity contribution is 0.386. The number of aliphatic imine (C=N–C) groups is 1. The number of nitrogens with zero attached hydrogens (tertiary/aromatic N) is 1. The predicted molar refractivity (Wildman–Crippen MR) is 109 cm³/mol. The maximum atomic E-state index is 13.7. The van der Waals surface area contributed by atoms with Crippen LogP contribution >= 0.6 is 35.3 Å². The summed E-state index contributed by atoms with van der Waals surface area (Å²) < 4.78 is 18.6. The number of methoxy groups -OCH3 is 1. The van der Waals surface area contributed by atoms with Gasteiger partial charge < -0.3 is 15.4 Å². The fraction of sp³-hybridized carbons (Fsp3) is 0.353. The number of hydrogen-bond donors (Lipinski definition) is 2. The third kappa shape index (κ3) is 5.94. The van der Waals surface area contributed by atoms with Crippen molar-refractivity contribution in [2.24, 2.45) is 4.99 Å². The van der Waals surface area contributed by atoms with Crippen molar-refractivity contribution in [1.29, 1.82) is 0 Å². The fourth-order valence-corrected chi connectivity index (χ4v) is 2.94. The summed E-state index contributed by atoms with van der Waals surface area (Å²) >= 11 is 1.75. The summed E-state index contributed by atoms with van der Waals surface area (Å²) in [4.78, 5) is 5.53. The smallest absolute Gasteiger partial charge is 0.191 e. The lowest BCUT2D eigenvalue weighted by atomic mass is 10.1. The van der Waals surface area contributed by atoms with E-state index in [1.54, 1.807) is 24.5 Å². The summed E-state index contributed by atoms with van der Waals surface area (Å²) in [6, 6.07) is 9.11. The minimum Gasteiger partial charge on any atom is -0.494 e. The zero-order chi connectivity index (χ0) is 16.7. The molecule has 1 unspecified atom stereocenters. The SMILES string of the molecule is CN=C(NCc1ccc(OC)c(F)c1)NCC(C)c1cccs1.I. The van der Waals surface area contributed by atoms with Crippen molar-refractivity contribution in [2.45, 2.75) is 19.4 Å². The van der Waals surface area contributed by atoms with Gasteiger partial charge in [0.05, 0.1) is 7.11 Å². The highest BCUT2D eigenvalue weighted by atomic mass is 127. The number of halogens is 2. The fourth-order valence-electron chi connectivity index (χ4n) is 2.15. The van der Waals surface area contributed by atoms with Gasteiger partial charge in [0, 0.05) is 30.9 Å². The van der Waals surface area contributed by atoms with Crippen LogP contribution in [0.3, 0.4) is 0 Å². The minimum atomic E-state index is -0.360. The summed E-state index contributed by atoms with van der Waals surface area (Å²) in [7, 11) is 3.18. The van der Waals surface area contributed by atoms with Gasteiger partial charge in [0.2, 0.25) is 0 Å². The third-order valence-electron chi connectivity index (χ3n) is 3.50. The van der Waals surface area contributed by atoms with E-state index in [1.165, 1.54) is 18.1 Å². The van der Waals surface area contributed by atoms with Crippen LogP contribution < -0.4 is 15.4 Å². The van der Waals surface area contributed by atoms with Crippen molar-refractivity contribution in [1.82, 2.24) is 10.6 Å². The average molecular weight is 463 g/mol. The van der Waals surface area contributed by atoms with Gasteiger partial charge >= 0.3 is 0 Å². The van der Waals surface area contributed by atoms with Crippen LogP contribution in [0.5, 0.6) is 5.75 Å².